The number of para-hydroxylation sites is 1. The molecule has 0 saturated heterocycles. The standard InChI is InChI=1S/C19H28N4O/c1-18(2,3)15-12-16(21-17(24)13-20-19(4,5)6)23(22-15)14-10-8-7-9-11-14/h7-12,20H,13H2,1-6H3,(H,21,24)/p+1. The normalized spacial score (nSPS) is 12.2. The molecule has 0 bridgehead atoms. The summed E-state index contributed by atoms with van der Waals surface area (Å²) in [4.78, 5) is 12.3. The van der Waals surface area contributed by atoms with Crippen LogP contribution < -0.4 is 10.6 Å². The fourth-order valence-electron chi connectivity index (χ4n) is 2.20. The van der Waals surface area contributed by atoms with Crippen molar-refractivity contribution in [3.8, 4) is 5.69 Å². The second kappa shape index (κ2) is 6.77. The number of carbonyl (C=O) groups is 1. The van der Waals surface area contributed by atoms with Crippen LogP contribution in [0.4, 0.5) is 5.82 Å². The Balaban J connectivity index is 2.28. The van der Waals surface area contributed by atoms with Crippen LogP contribution in [0.5, 0.6) is 0 Å². The van der Waals surface area contributed by atoms with Crippen molar-refractivity contribution in [3.05, 3.63) is 42.1 Å². The average molecular weight is 329 g/mol. The second-order valence-corrected chi connectivity index (χ2v) is 8.23. The number of aromatic nitrogens is 2. The lowest BCUT2D eigenvalue weighted by molar-refractivity contribution is -0.707. The van der Waals surface area contributed by atoms with Crippen LogP contribution in [-0.4, -0.2) is 27.8 Å². The van der Waals surface area contributed by atoms with Crippen LogP contribution in [0.1, 0.15) is 47.2 Å². The van der Waals surface area contributed by atoms with Crippen LogP contribution in [0.2, 0.25) is 0 Å². The minimum absolute atomic E-state index is 0.0214. The first kappa shape index (κ1) is 18.2. The van der Waals surface area contributed by atoms with E-state index in [1.54, 1.807) is 4.68 Å². The van der Waals surface area contributed by atoms with Crippen molar-refractivity contribution in [1.82, 2.24) is 9.78 Å². The Morgan fingerprint density at radius 2 is 1.75 bits per heavy atom. The van der Waals surface area contributed by atoms with E-state index in [4.69, 9.17) is 5.10 Å². The van der Waals surface area contributed by atoms with E-state index in [9.17, 15) is 4.79 Å². The van der Waals surface area contributed by atoms with E-state index in [2.05, 4.69) is 46.9 Å². The van der Waals surface area contributed by atoms with Crippen LogP contribution in [0.15, 0.2) is 36.4 Å². The van der Waals surface area contributed by atoms with E-state index in [0.29, 0.717) is 12.4 Å². The van der Waals surface area contributed by atoms with E-state index in [0.717, 1.165) is 11.4 Å². The third-order valence-corrected chi connectivity index (χ3v) is 3.65. The number of hydrogen-bond donors (Lipinski definition) is 2. The number of benzene rings is 1. The predicted molar refractivity (Wildman–Crippen MR) is 97.4 cm³/mol. The zero-order valence-corrected chi connectivity index (χ0v) is 15.6. The molecule has 1 amide bonds. The summed E-state index contributed by atoms with van der Waals surface area (Å²) < 4.78 is 1.80. The Morgan fingerprint density at radius 1 is 1.12 bits per heavy atom. The highest BCUT2D eigenvalue weighted by Gasteiger charge is 2.22. The van der Waals surface area contributed by atoms with Crippen molar-refractivity contribution < 1.29 is 10.1 Å². The van der Waals surface area contributed by atoms with Gasteiger partial charge in [0.2, 0.25) is 0 Å². The number of quaternary nitrogens is 1. The zero-order valence-electron chi connectivity index (χ0n) is 15.6. The van der Waals surface area contributed by atoms with Crippen molar-refractivity contribution in [2.75, 3.05) is 11.9 Å². The number of amides is 1. The summed E-state index contributed by atoms with van der Waals surface area (Å²) in [5.74, 6) is 0.681. The SMILES string of the molecule is CC(C)(C)[NH2+]CC(=O)Nc1cc(C(C)(C)C)nn1-c1ccccc1. The third kappa shape index (κ3) is 4.93. The Morgan fingerprint density at radius 3 is 2.29 bits per heavy atom. The third-order valence-electron chi connectivity index (χ3n) is 3.65. The maximum absolute atomic E-state index is 12.3. The summed E-state index contributed by atoms with van der Waals surface area (Å²) >= 11 is 0. The maximum Gasteiger partial charge on any atom is 0.280 e. The molecule has 24 heavy (non-hydrogen) atoms. The summed E-state index contributed by atoms with van der Waals surface area (Å²) in [6, 6.07) is 11.8. The molecular formula is C19H29N4O+. The number of anilines is 1. The van der Waals surface area contributed by atoms with Gasteiger partial charge >= 0.3 is 0 Å². The fourth-order valence-corrected chi connectivity index (χ4v) is 2.20. The summed E-state index contributed by atoms with van der Waals surface area (Å²) in [5, 5.41) is 9.73. The molecule has 0 saturated carbocycles. The van der Waals surface area contributed by atoms with Gasteiger partial charge in [-0.1, -0.05) is 39.0 Å². The van der Waals surface area contributed by atoms with Crippen molar-refractivity contribution in [3.63, 3.8) is 0 Å². The number of nitrogens with zero attached hydrogens (tertiary/aromatic N) is 2. The topological polar surface area (TPSA) is 63.5 Å². The molecule has 0 spiro atoms. The minimum atomic E-state index is -0.0863. The van der Waals surface area contributed by atoms with E-state index in [-0.39, 0.29) is 16.9 Å². The first-order valence-electron chi connectivity index (χ1n) is 8.36. The molecule has 0 aliphatic rings. The largest absolute Gasteiger partial charge is 0.334 e. The molecule has 130 valence electrons. The Bertz CT molecular complexity index is 690. The highest BCUT2D eigenvalue weighted by atomic mass is 16.2. The monoisotopic (exact) mass is 329 g/mol. The van der Waals surface area contributed by atoms with Crippen molar-refractivity contribution >= 4 is 11.7 Å². The molecule has 5 nitrogen and oxygen atoms in total. The highest BCUT2D eigenvalue weighted by Crippen LogP contribution is 2.26. The average Bonchev–Trinajstić information content (AvgIpc) is 2.89. The predicted octanol–water partition coefficient (Wildman–Crippen LogP) is 2.47. The molecule has 2 rings (SSSR count). The van der Waals surface area contributed by atoms with Crippen LogP contribution in [0, 0.1) is 0 Å². The number of nitrogens with two attached hydrogens (primary N) is 1. The Labute approximate surface area is 144 Å². The van der Waals surface area contributed by atoms with Gasteiger partial charge in [0.15, 0.2) is 6.54 Å². The molecule has 0 atom stereocenters. The maximum atomic E-state index is 12.3. The van der Waals surface area contributed by atoms with Gasteiger partial charge in [-0.2, -0.15) is 5.10 Å². The van der Waals surface area contributed by atoms with Crippen LogP contribution in [-0.2, 0) is 10.2 Å². The van der Waals surface area contributed by atoms with Gasteiger partial charge in [-0.25, -0.2) is 4.68 Å². The first-order valence-corrected chi connectivity index (χ1v) is 8.36. The van der Waals surface area contributed by atoms with Crippen LogP contribution in [0.3, 0.4) is 0 Å². The molecule has 3 N–H and O–H groups in total. The number of nitrogens with one attached hydrogen (secondary N) is 1. The van der Waals surface area contributed by atoms with Gasteiger partial charge in [-0.15, -0.1) is 0 Å². The van der Waals surface area contributed by atoms with Crippen LogP contribution in [0.25, 0.3) is 5.69 Å². The fraction of sp³-hybridized carbons (Fsp3) is 0.474. The van der Waals surface area contributed by atoms with Gasteiger partial charge in [0.25, 0.3) is 5.91 Å². The number of carbonyl (C=O) groups excluding carboxylic acids is 1. The summed E-state index contributed by atoms with van der Waals surface area (Å²) in [5.41, 5.74) is 1.81. The highest BCUT2D eigenvalue weighted by molar-refractivity contribution is 5.91. The number of hydrogen-bond acceptors (Lipinski definition) is 2. The number of rotatable bonds is 4. The van der Waals surface area contributed by atoms with E-state index in [1.807, 2.05) is 41.7 Å². The van der Waals surface area contributed by atoms with Crippen molar-refractivity contribution in [1.29, 1.82) is 0 Å². The van der Waals surface area contributed by atoms with Gasteiger partial charge in [0.05, 0.1) is 16.9 Å². The molecule has 5 heteroatoms. The molecular weight excluding hydrogens is 300 g/mol. The molecule has 1 heterocycles. The second-order valence-electron chi connectivity index (χ2n) is 8.23. The molecule has 0 aliphatic carbocycles. The van der Waals surface area contributed by atoms with Gasteiger partial charge in [0.1, 0.15) is 5.82 Å². The molecule has 0 fully saturated rings. The van der Waals surface area contributed by atoms with Crippen molar-refractivity contribution in [2.45, 2.75) is 52.5 Å². The lowest BCUT2D eigenvalue weighted by Gasteiger charge is -2.16. The van der Waals surface area contributed by atoms with Gasteiger partial charge in [-0.3, -0.25) is 4.79 Å². The molecule has 2 aromatic rings. The van der Waals surface area contributed by atoms with Gasteiger partial charge in [0, 0.05) is 11.5 Å². The smallest absolute Gasteiger partial charge is 0.280 e. The molecule has 0 aliphatic heterocycles. The van der Waals surface area contributed by atoms with Gasteiger partial charge < -0.3 is 10.6 Å². The molecule has 0 radical (unpaired) electrons. The Hall–Kier alpha value is -2.14. The summed E-state index contributed by atoms with van der Waals surface area (Å²) in [7, 11) is 0. The molecule has 0 unspecified atom stereocenters. The summed E-state index contributed by atoms with van der Waals surface area (Å²) in [6.07, 6.45) is 0. The minimum Gasteiger partial charge on any atom is -0.334 e. The first-order chi connectivity index (χ1) is 11.1. The lowest BCUT2D eigenvalue weighted by atomic mass is 9.92. The zero-order chi connectivity index (χ0) is 18.0. The van der Waals surface area contributed by atoms with Crippen LogP contribution >= 0.6 is 0 Å². The van der Waals surface area contributed by atoms with E-state index >= 15 is 0 Å². The van der Waals surface area contributed by atoms with E-state index in [1.165, 1.54) is 0 Å². The molecule has 1 aromatic carbocycles. The molecule has 1 aromatic heterocycles. The van der Waals surface area contributed by atoms with E-state index < -0.39 is 0 Å². The quantitative estimate of drug-likeness (QED) is 0.905. The summed E-state index contributed by atoms with van der Waals surface area (Å²) in [6.45, 7) is 13.0. The van der Waals surface area contributed by atoms with Gasteiger partial charge in [-0.05, 0) is 32.9 Å². The van der Waals surface area contributed by atoms with Crippen molar-refractivity contribution in [2.24, 2.45) is 0 Å². The Kier molecular flexibility index (Phi) is 5.13. The lowest BCUT2D eigenvalue weighted by Crippen LogP contribution is -2.95.